The summed E-state index contributed by atoms with van der Waals surface area (Å²) in [6, 6.07) is 0. The highest BCUT2D eigenvalue weighted by Crippen LogP contribution is 2.64. The van der Waals surface area contributed by atoms with Crippen LogP contribution in [0.4, 0.5) is 52.7 Å². The van der Waals surface area contributed by atoms with Crippen LogP contribution in [-0.2, 0) is 18.0 Å². The molecule has 0 aromatic heterocycles. The zero-order chi connectivity index (χ0) is 17.5. The topological polar surface area (TPSA) is 0 Å². The molecule has 0 nitrogen and oxygen atoms in total. The fourth-order valence-electron chi connectivity index (χ4n) is 2.01. The van der Waals surface area contributed by atoms with Crippen molar-refractivity contribution < 1.29 is 52.7 Å². The maximum atomic E-state index is 13.4. The van der Waals surface area contributed by atoms with Crippen molar-refractivity contribution in [1.29, 1.82) is 0 Å². The molecule has 0 atom stereocenters. The molecule has 0 amide bonds. The van der Waals surface area contributed by atoms with E-state index in [1.165, 1.54) is 0 Å². The Kier molecular flexibility index (Phi) is 3.06. The second-order valence-electron chi connectivity index (χ2n) is 4.29. The minimum absolute atomic E-state index is 3.13. The lowest BCUT2D eigenvalue weighted by Crippen LogP contribution is -2.43. The number of hydrogen-bond donors (Lipinski definition) is 0. The van der Waals surface area contributed by atoms with Crippen LogP contribution in [0, 0.1) is 17.5 Å². The summed E-state index contributed by atoms with van der Waals surface area (Å²) in [5, 5.41) is 0. The Bertz CT molecular complexity index is 653. The minimum atomic E-state index is -6.44. The second kappa shape index (κ2) is 4.02. The van der Waals surface area contributed by atoms with Crippen LogP contribution in [0.2, 0.25) is 0 Å². The van der Waals surface area contributed by atoms with Crippen molar-refractivity contribution >= 4 is 0 Å². The Morgan fingerprint density at radius 1 is 0.591 bits per heavy atom. The summed E-state index contributed by atoms with van der Waals surface area (Å²) < 4.78 is 156. The van der Waals surface area contributed by atoms with Crippen LogP contribution in [0.1, 0.15) is 16.7 Å². The summed E-state index contributed by atoms with van der Waals surface area (Å²) in [7, 11) is 0. The van der Waals surface area contributed by atoms with E-state index in [2.05, 4.69) is 0 Å². The van der Waals surface area contributed by atoms with Crippen LogP contribution >= 0.6 is 0 Å². The number of fused-ring (bicyclic) bond motifs is 1. The quantitative estimate of drug-likeness (QED) is 0.460. The van der Waals surface area contributed by atoms with Crippen LogP contribution in [0.3, 0.4) is 0 Å². The lowest BCUT2D eigenvalue weighted by Gasteiger charge is -2.23. The molecule has 12 heteroatoms. The third kappa shape index (κ3) is 1.63. The zero-order valence-corrected chi connectivity index (χ0v) is 9.54. The predicted molar refractivity (Wildman–Crippen MR) is 44.1 cm³/mol. The summed E-state index contributed by atoms with van der Waals surface area (Å²) in [6.45, 7) is 0. The average Bonchev–Trinajstić information content (AvgIpc) is 2.40. The molecule has 124 valence electrons. The molecule has 1 aliphatic carbocycles. The Morgan fingerprint density at radius 3 is 1.32 bits per heavy atom. The Balaban J connectivity index is 3.05. The van der Waals surface area contributed by atoms with Gasteiger partial charge in [-0.1, -0.05) is 0 Å². The molecule has 1 aliphatic rings. The Labute approximate surface area is 112 Å². The van der Waals surface area contributed by atoms with Gasteiger partial charge in [0.05, 0.1) is 11.1 Å². The molecular formula is C10F12. The van der Waals surface area contributed by atoms with Crippen molar-refractivity contribution in [1.82, 2.24) is 0 Å². The van der Waals surface area contributed by atoms with Gasteiger partial charge in [-0.2, -0.15) is 39.5 Å². The molecule has 0 unspecified atom stereocenters. The molecule has 0 spiro atoms. The monoisotopic (exact) mass is 348 g/mol. The first-order valence-corrected chi connectivity index (χ1v) is 5.02. The van der Waals surface area contributed by atoms with Gasteiger partial charge >= 0.3 is 23.9 Å². The van der Waals surface area contributed by atoms with Gasteiger partial charge in [0, 0.05) is 0 Å². The maximum Gasteiger partial charge on any atom is 0.422 e. The molecule has 0 radical (unpaired) electrons. The largest absolute Gasteiger partial charge is 0.422 e. The standard InChI is InChI=1S/C10F12/c11-4-1-2(5(12)6(13)3(4)9(18,19)20)8(16,17)10(21,22)7(1,14)15. The summed E-state index contributed by atoms with van der Waals surface area (Å²) in [4.78, 5) is 0. The summed E-state index contributed by atoms with van der Waals surface area (Å²) >= 11 is 0. The minimum Gasteiger partial charge on any atom is -0.206 e. The van der Waals surface area contributed by atoms with E-state index >= 15 is 0 Å². The van der Waals surface area contributed by atoms with Gasteiger partial charge in [0.25, 0.3) is 0 Å². The smallest absolute Gasteiger partial charge is 0.206 e. The Hall–Kier alpha value is -1.62. The molecule has 1 aromatic rings. The van der Waals surface area contributed by atoms with Crippen molar-refractivity contribution in [2.24, 2.45) is 0 Å². The first kappa shape index (κ1) is 16.7. The molecule has 0 aliphatic heterocycles. The summed E-state index contributed by atoms with van der Waals surface area (Å²) in [5.41, 5.74) is -9.64. The summed E-state index contributed by atoms with van der Waals surface area (Å²) in [5.74, 6) is -28.8. The van der Waals surface area contributed by atoms with Crippen molar-refractivity contribution in [3.8, 4) is 0 Å². The van der Waals surface area contributed by atoms with Crippen molar-refractivity contribution in [3.05, 3.63) is 34.1 Å². The SMILES string of the molecule is Fc1c(F)c2c(c(F)c1C(F)(F)F)C(F)(F)C(F)(F)C2(F)F. The van der Waals surface area contributed by atoms with Gasteiger partial charge in [-0.3, -0.25) is 0 Å². The van der Waals surface area contributed by atoms with E-state index in [1.54, 1.807) is 0 Å². The lowest BCUT2D eigenvalue weighted by molar-refractivity contribution is -0.303. The van der Waals surface area contributed by atoms with Gasteiger partial charge in [0.2, 0.25) is 0 Å². The van der Waals surface area contributed by atoms with Crippen LogP contribution in [0.15, 0.2) is 0 Å². The van der Waals surface area contributed by atoms with Gasteiger partial charge in [-0.25, -0.2) is 13.2 Å². The van der Waals surface area contributed by atoms with Crippen LogP contribution in [-0.4, -0.2) is 5.92 Å². The normalized spacial score (nSPS) is 21.8. The van der Waals surface area contributed by atoms with Crippen LogP contribution in [0.5, 0.6) is 0 Å². The first-order chi connectivity index (χ1) is 9.60. The van der Waals surface area contributed by atoms with E-state index in [4.69, 9.17) is 0 Å². The van der Waals surface area contributed by atoms with Crippen molar-refractivity contribution in [3.63, 3.8) is 0 Å². The number of alkyl halides is 9. The highest BCUT2D eigenvalue weighted by Gasteiger charge is 2.81. The van der Waals surface area contributed by atoms with Gasteiger partial charge in [0.1, 0.15) is 11.4 Å². The Morgan fingerprint density at radius 2 is 0.955 bits per heavy atom. The maximum absolute atomic E-state index is 13.4. The van der Waals surface area contributed by atoms with E-state index in [0.29, 0.717) is 0 Å². The molecule has 0 saturated carbocycles. The van der Waals surface area contributed by atoms with E-state index in [9.17, 15) is 52.7 Å². The number of benzene rings is 1. The number of halogens is 12. The lowest BCUT2D eigenvalue weighted by atomic mass is 10.0. The highest BCUT2D eigenvalue weighted by molar-refractivity contribution is 5.49. The van der Waals surface area contributed by atoms with E-state index in [0.717, 1.165) is 0 Å². The fourth-order valence-corrected chi connectivity index (χ4v) is 2.01. The number of rotatable bonds is 0. The fraction of sp³-hybridized carbons (Fsp3) is 0.400. The second-order valence-corrected chi connectivity index (χ2v) is 4.29. The molecule has 0 heterocycles. The van der Waals surface area contributed by atoms with Gasteiger partial charge in [-0.15, -0.1) is 0 Å². The number of hydrogen-bond acceptors (Lipinski definition) is 0. The van der Waals surface area contributed by atoms with E-state index < -0.39 is 58.1 Å². The van der Waals surface area contributed by atoms with Gasteiger partial charge < -0.3 is 0 Å². The average molecular weight is 348 g/mol. The van der Waals surface area contributed by atoms with E-state index in [-0.39, 0.29) is 0 Å². The molecule has 0 N–H and O–H groups in total. The van der Waals surface area contributed by atoms with Gasteiger partial charge in [-0.05, 0) is 0 Å². The van der Waals surface area contributed by atoms with E-state index in [1.807, 2.05) is 0 Å². The highest BCUT2D eigenvalue weighted by atomic mass is 19.4. The van der Waals surface area contributed by atoms with Crippen LogP contribution in [0.25, 0.3) is 0 Å². The molecule has 1 aromatic carbocycles. The zero-order valence-electron chi connectivity index (χ0n) is 9.54. The van der Waals surface area contributed by atoms with Crippen molar-refractivity contribution in [2.45, 2.75) is 23.9 Å². The third-order valence-electron chi connectivity index (χ3n) is 3.02. The molecule has 2 rings (SSSR count). The third-order valence-corrected chi connectivity index (χ3v) is 3.02. The first-order valence-electron chi connectivity index (χ1n) is 5.02. The molecule has 0 bridgehead atoms. The van der Waals surface area contributed by atoms with Crippen molar-refractivity contribution in [2.75, 3.05) is 0 Å². The molecule has 22 heavy (non-hydrogen) atoms. The molecule has 0 saturated heterocycles. The predicted octanol–water partition coefficient (Wildman–Crippen LogP) is 4.96. The summed E-state index contributed by atoms with van der Waals surface area (Å²) in [6.07, 6.45) is -6.12. The molecular weight excluding hydrogens is 348 g/mol. The van der Waals surface area contributed by atoms with Crippen LogP contribution < -0.4 is 0 Å². The molecule has 0 fully saturated rings. The van der Waals surface area contributed by atoms with Gasteiger partial charge in [0.15, 0.2) is 11.6 Å².